The number of nitriles is 1. The van der Waals surface area contributed by atoms with Crippen LogP contribution in [-0.4, -0.2) is 4.98 Å². The Balaban J connectivity index is 2.09. The van der Waals surface area contributed by atoms with Crippen molar-refractivity contribution in [2.24, 2.45) is 0 Å². The van der Waals surface area contributed by atoms with E-state index in [1.807, 2.05) is 47.2 Å². The van der Waals surface area contributed by atoms with Crippen LogP contribution < -0.4 is 4.57 Å². The highest BCUT2D eigenvalue weighted by Gasteiger charge is 2.08. The lowest BCUT2D eigenvalue weighted by Gasteiger charge is -1.98. The summed E-state index contributed by atoms with van der Waals surface area (Å²) >= 11 is 0. The van der Waals surface area contributed by atoms with E-state index in [0.717, 1.165) is 18.7 Å². The third-order valence-corrected chi connectivity index (χ3v) is 2.39. The van der Waals surface area contributed by atoms with E-state index in [1.165, 1.54) is 0 Å². The summed E-state index contributed by atoms with van der Waals surface area (Å²) in [6.45, 7) is 0.779. The van der Waals surface area contributed by atoms with Crippen LogP contribution in [0.2, 0.25) is 0 Å². The Hall–Kier alpha value is -2.21. The third-order valence-electron chi connectivity index (χ3n) is 2.39. The molecule has 78 valence electrons. The van der Waals surface area contributed by atoms with Crippen LogP contribution in [0, 0.1) is 11.3 Å². The number of aryl methyl sites for hydroxylation is 2. The lowest BCUT2D eigenvalue weighted by Crippen LogP contribution is -2.37. The SMILES string of the molecule is N#Cc1cccc[n+]1CCc1ccccn1. The molecule has 0 spiro atoms. The van der Waals surface area contributed by atoms with Gasteiger partial charge in [0.15, 0.2) is 18.8 Å². The van der Waals surface area contributed by atoms with Gasteiger partial charge in [0.25, 0.3) is 5.69 Å². The fraction of sp³-hybridized carbons (Fsp3) is 0.154. The van der Waals surface area contributed by atoms with Crippen LogP contribution in [-0.2, 0) is 13.0 Å². The fourth-order valence-electron chi connectivity index (χ4n) is 1.55. The van der Waals surface area contributed by atoms with Gasteiger partial charge in [-0.1, -0.05) is 6.07 Å². The van der Waals surface area contributed by atoms with Gasteiger partial charge in [-0.3, -0.25) is 4.98 Å². The maximum Gasteiger partial charge on any atom is 0.283 e. The van der Waals surface area contributed by atoms with Gasteiger partial charge in [0.05, 0.1) is 0 Å². The molecule has 0 aromatic carbocycles. The van der Waals surface area contributed by atoms with Crippen LogP contribution in [0.5, 0.6) is 0 Å². The van der Waals surface area contributed by atoms with Gasteiger partial charge in [-0.15, -0.1) is 0 Å². The molecular weight excluding hydrogens is 198 g/mol. The van der Waals surface area contributed by atoms with Crippen molar-refractivity contribution in [1.82, 2.24) is 4.98 Å². The minimum absolute atomic E-state index is 0.679. The molecule has 0 aliphatic carbocycles. The molecule has 3 heteroatoms. The number of aromatic nitrogens is 2. The average molecular weight is 210 g/mol. The highest BCUT2D eigenvalue weighted by atomic mass is 15.0. The number of nitrogens with zero attached hydrogens (tertiary/aromatic N) is 3. The first kappa shape index (κ1) is 10.3. The van der Waals surface area contributed by atoms with Gasteiger partial charge in [0, 0.05) is 30.4 Å². The van der Waals surface area contributed by atoms with Gasteiger partial charge >= 0.3 is 0 Å². The van der Waals surface area contributed by atoms with Gasteiger partial charge < -0.3 is 0 Å². The maximum absolute atomic E-state index is 8.93. The van der Waals surface area contributed by atoms with Crippen molar-refractivity contribution >= 4 is 0 Å². The van der Waals surface area contributed by atoms with Crippen molar-refractivity contribution in [3.8, 4) is 6.07 Å². The van der Waals surface area contributed by atoms with Crippen LogP contribution in [0.4, 0.5) is 0 Å². The van der Waals surface area contributed by atoms with E-state index in [4.69, 9.17) is 5.26 Å². The van der Waals surface area contributed by atoms with Crippen molar-refractivity contribution < 1.29 is 4.57 Å². The molecule has 2 aromatic heterocycles. The number of pyridine rings is 2. The van der Waals surface area contributed by atoms with Gasteiger partial charge in [0.2, 0.25) is 0 Å². The summed E-state index contributed by atoms with van der Waals surface area (Å²) in [5.41, 5.74) is 1.72. The third kappa shape index (κ3) is 2.43. The smallest absolute Gasteiger partial charge is 0.261 e. The summed E-state index contributed by atoms with van der Waals surface area (Å²) in [6.07, 6.45) is 4.54. The molecule has 0 fully saturated rings. The average Bonchev–Trinajstić information content (AvgIpc) is 2.38. The summed E-state index contributed by atoms with van der Waals surface area (Å²) in [5.74, 6) is 0. The second-order valence-corrected chi connectivity index (χ2v) is 3.46. The summed E-state index contributed by atoms with van der Waals surface area (Å²) in [6, 6.07) is 13.7. The van der Waals surface area contributed by atoms with E-state index in [0.29, 0.717) is 5.69 Å². The summed E-state index contributed by atoms with van der Waals surface area (Å²) in [4.78, 5) is 4.25. The van der Waals surface area contributed by atoms with E-state index in [1.54, 1.807) is 6.20 Å². The second-order valence-electron chi connectivity index (χ2n) is 3.46. The molecule has 0 saturated carbocycles. The first-order valence-electron chi connectivity index (χ1n) is 5.18. The molecule has 2 heterocycles. The largest absolute Gasteiger partial charge is 0.283 e. The fourth-order valence-corrected chi connectivity index (χ4v) is 1.55. The lowest BCUT2D eigenvalue weighted by molar-refractivity contribution is -0.698. The molecule has 0 bridgehead atoms. The van der Waals surface area contributed by atoms with Crippen LogP contribution in [0.15, 0.2) is 48.8 Å². The molecule has 0 unspecified atom stereocenters. The Labute approximate surface area is 94.6 Å². The van der Waals surface area contributed by atoms with Gasteiger partial charge in [-0.2, -0.15) is 9.83 Å². The Kier molecular flexibility index (Phi) is 3.25. The number of hydrogen-bond donors (Lipinski definition) is 0. The molecule has 0 aliphatic rings. The molecule has 0 radical (unpaired) electrons. The second kappa shape index (κ2) is 5.04. The Morgan fingerprint density at radius 1 is 1.19 bits per heavy atom. The number of hydrogen-bond acceptors (Lipinski definition) is 2. The minimum atomic E-state index is 0.679. The summed E-state index contributed by atoms with van der Waals surface area (Å²) in [7, 11) is 0. The Bertz CT molecular complexity index is 500. The van der Waals surface area contributed by atoms with Crippen molar-refractivity contribution in [2.45, 2.75) is 13.0 Å². The van der Waals surface area contributed by atoms with E-state index >= 15 is 0 Å². The van der Waals surface area contributed by atoms with Gasteiger partial charge in [-0.25, -0.2) is 0 Å². The summed E-state index contributed by atoms with van der Waals surface area (Å²) < 4.78 is 1.94. The molecule has 0 saturated heterocycles. The van der Waals surface area contributed by atoms with Crippen LogP contribution in [0.1, 0.15) is 11.4 Å². The molecule has 0 amide bonds. The van der Waals surface area contributed by atoms with Crippen molar-refractivity contribution in [2.75, 3.05) is 0 Å². The van der Waals surface area contributed by atoms with E-state index in [-0.39, 0.29) is 0 Å². The highest BCUT2D eigenvalue weighted by Crippen LogP contribution is 1.95. The van der Waals surface area contributed by atoms with Crippen LogP contribution >= 0.6 is 0 Å². The predicted octanol–water partition coefficient (Wildman–Crippen LogP) is 1.48. The predicted molar refractivity (Wildman–Crippen MR) is 59.3 cm³/mol. The maximum atomic E-state index is 8.93. The molecule has 2 aromatic rings. The van der Waals surface area contributed by atoms with Gasteiger partial charge in [0.1, 0.15) is 0 Å². The molecule has 0 aliphatic heterocycles. The normalized spacial score (nSPS) is 9.69. The van der Waals surface area contributed by atoms with E-state index in [9.17, 15) is 0 Å². The molecule has 3 nitrogen and oxygen atoms in total. The zero-order chi connectivity index (χ0) is 11.2. The molecule has 0 N–H and O–H groups in total. The topological polar surface area (TPSA) is 40.6 Å². The molecule has 2 rings (SSSR count). The zero-order valence-corrected chi connectivity index (χ0v) is 8.87. The Morgan fingerprint density at radius 3 is 2.81 bits per heavy atom. The zero-order valence-electron chi connectivity index (χ0n) is 8.87. The lowest BCUT2D eigenvalue weighted by atomic mass is 10.2. The standard InChI is InChI=1S/C13H12N3/c14-11-13-6-2-4-9-16(13)10-7-12-5-1-3-8-15-12/h1-6,8-9H,7,10H2/q+1. The summed E-state index contributed by atoms with van der Waals surface area (Å²) in [5, 5.41) is 8.93. The molecular formula is C13H12N3+. The van der Waals surface area contributed by atoms with Crippen molar-refractivity contribution in [1.29, 1.82) is 5.26 Å². The quantitative estimate of drug-likeness (QED) is 0.720. The van der Waals surface area contributed by atoms with E-state index in [2.05, 4.69) is 11.1 Å². The Morgan fingerprint density at radius 2 is 2.06 bits per heavy atom. The molecule has 0 atom stereocenters. The van der Waals surface area contributed by atoms with Crippen molar-refractivity contribution in [3.63, 3.8) is 0 Å². The van der Waals surface area contributed by atoms with Crippen LogP contribution in [0.3, 0.4) is 0 Å². The van der Waals surface area contributed by atoms with Crippen LogP contribution in [0.25, 0.3) is 0 Å². The van der Waals surface area contributed by atoms with Gasteiger partial charge in [-0.05, 0) is 18.2 Å². The minimum Gasteiger partial charge on any atom is -0.261 e. The molecule has 16 heavy (non-hydrogen) atoms. The van der Waals surface area contributed by atoms with E-state index < -0.39 is 0 Å². The van der Waals surface area contributed by atoms with Crippen molar-refractivity contribution in [3.05, 3.63) is 60.2 Å². The number of rotatable bonds is 3. The first-order chi connectivity index (χ1) is 7.90. The first-order valence-corrected chi connectivity index (χ1v) is 5.18. The highest BCUT2D eigenvalue weighted by molar-refractivity contribution is 5.13. The monoisotopic (exact) mass is 210 g/mol.